The number of likely N-dealkylation sites (N-methyl/N-ethyl adjacent to an activating group) is 1. The molecule has 1 unspecified atom stereocenters. The lowest BCUT2D eigenvalue weighted by Gasteiger charge is -2.25. The van der Waals surface area contributed by atoms with Gasteiger partial charge in [0.2, 0.25) is 0 Å². The number of carbonyl (C=O) groups is 1. The van der Waals surface area contributed by atoms with E-state index in [1.54, 1.807) is 7.11 Å². The molecule has 0 heterocycles. The average Bonchev–Trinajstić information content (AvgIpc) is 2.35. The van der Waals surface area contributed by atoms with Crippen molar-refractivity contribution in [2.24, 2.45) is 5.84 Å². The Balaban J connectivity index is 2.71. The third-order valence-corrected chi connectivity index (χ3v) is 2.82. The summed E-state index contributed by atoms with van der Waals surface area (Å²) in [5, 5.41) is 0. The van der Waals surface area contributed by atoms with Gasteiger partial charge in [-0.1, -0.05) is 29.8 Å². The van der Waals surface area contributed by atoms with E-state index in [-0.39, 0.29) is 11.9 Å². The van der Waals surface area contributed by atoms with Crippen molar-refractivity contribution in [2.75, 3.05) is 20.8 Å². The predicted molar refractivity (Wildman–Crippen MR) is 70.6 cm³/mol. The van der Waals surface area contributed by atoms with Gasteiger partial charge in [0.25, 0.3) is 5.91 Å². The molecule has 1 rings (SSSR count). The van der Waals surface area contributed by atoms with Crippen LogP contribution in [-0.2, 0) is 16.1 Å². The van der Waals surface area contributed by atoms with Gasteiger partial charge in [-0.3, -0.25) is 15.1 Å². The van der Waals surface area contributed by atoms with Crippen molar-refractivity contribution in [2.45, 2.75) is 19.5 Å². The number of rotatable bonds is 6. The number of ether oxygens (including phenoxy) is 1. The number of benzene rings is 1. The second-order valence-electron chi connectivity index (χ2n) is 4.38. The molecular weight excluding hydrogens is 230 g/mol. The fourth-order valence-corrected chi connectivity index (χ4v) is 1.87. The molecule has 0 bridgehead atoms. The van der Waals surface area contributed by atoms with Gasteiger partial charge in [-0.05, 0) is 19.5 Å². The Labute approximate surface area is 108 Å². The van der Waals surface area contributed by atoms with Gasteiger partial charge in [-0.25, -0.2) is 5.84 Å². The third kappa shape index (κ3) is 4.10. The molecule has 1 aromatic rings. The SMILES string of the molecule is COCC(C(=O)NN)N(C)Cc1cccc(C)c1. The number of carbonyl (C=O) groups excluding carboxylic acids is 1. The average molecular weight is 251 g/mol. The lowest BCUT2D eigenvalue weighted by atomic mass is 10.1. The van der Waals surface area contributed by atoms with Gasteiger partial charge in [0.05, 0.1) is 6.61 Å². The Kier molecular flexibility index (Phi) is 5.77. The number of hydrazine groups is 1. The summed E-state index contributed by atoms with van der Waals surface area (Å²) in [6.45, 7) is 3.03. The van der Waals surface area contributed by atoms with Crippen LogP contribution in [0.15, 0.2) is 24.3 Å². The maximum atomic E-state index is 11.6. The third-order valence-electron chi connectivity index (χ3n) is 2.82. The normalized spacial score (nSPS) is 12.5. The number of hydrogen-bond acceptors (Lipinski definition) is 4. The summed E-state index contributed by atoms with van der Waals surface area (Å²) in [5.74, 6) is 4.93. The molecule has 1 aromatic carbocycles. The number of amides is 1. The van der Waals surface area contributed by atoms with Crippen molar-refractivity contribution in [1.82, 2.24) is 10.3 Å². The fraction of sp³-hybridized carbons (Fsp3) is 0.462. The van der Waals surface area contributed by atoms with Crippen LogP contribution in [0.3, 0.4) is 0 Å². The lowest BCUT2D eigenvalue weighted by Crippen LogP contribution is -2.49. The number of methoxy groups -OCH3 is 1. The summed E-state index contributed by atoms with van der Waals surface area (Å²) in [5.41, 5.74) is 4.52. The molecule has 0 saturated carbocycles. The molecule has 0 fully saturated rings. The van der Waals surface area contributed by atoms with Gasteiger partial charge in [0, 0.05) is 13.7 Å². The van der Waals surface area contributed by atoms with Crippen LogP contribution in [-0.4, -0.2) is 37.6 Å². The highest BCUT2D eigenvalue weighted by atomic mass is 16.5. The summed E-state index contributed by atoms with van der Waals surface area (Å²) in [7, 11) is 3.44. The summed E-state index contributed by atoms with van der Waals surface area (Å²) >= 11 is 0. The van der Waals surface area contributed by atoms with Crippen LogP contribution in [0.2, 0.25) is 0 Å². The van der Waals surface area contributed by atoms with E-state index in [1.807, 2.05) is 37.1 Å². The molecule has 1 atom stereocenters. The topological polar surface area (TPSA) is 67.6 Å². The molecule has 0 radical (unpaired) electrons. The highest BCUT2D eigenvalue weighted by Gasteiger charge is 2.22. The number of nitrogens with one attached hydrogen (secondary N) is 1. The maximum absolute atomic E-state index is 11.6. The molecule has 0 aromatic heterocycles. The lowest BCUT2D eigenvalue weighted by molar-refractivity contribution is -0.128. The molecule has 3 N–H and O–H groups in total. The summed E-state index contributed by atoms with van der Waals surface area (Å²) in [6, 6.07) is 7.80. The van der Waals surface area contributed by atoms with Crippen LogP contribution in [0.5, 0.6) is 0 Å². The highest BCUT2D eigenvalue weighted by Crippen LogP contribution is 2.09. The quantitative estimate of drug-likeness (QED) is 0.437. The molecule has 5 heteroatoms. The van der Waals surface area contributed by atoms with E-state index >= 15 is 0 Å². The van der Waals surface area contributed by atoms with Crippen LogP contribution >= 0.6 is 0 Å². The molecule has 0 aliphatic rings. The number of aryl methyl sites for hydroxylation is 1. The van der Waals surface area contributed by atoms with Crippen LogP contribution in [0, 0.1) is 6.92 Å². The first kappa shape index (κ1) is 14.6. The number of nitrogens with zero attached hydrogens (tertiary/aromatic N) is 1. The summed E-state index contributed by atoms with van der Waals surface area (Å²) in [6.07, 6.45) is 0. The predicted octanol–water partition coefficient (Wildman–Crippen LogP) is 0.432. The molecule has 5 nitrogen and oxygen atoms in total. The monoisotopic (exact) mass is 251 g/mol. The van der Waals surface area contributed by atoms with E-state index in [1.165, 1.54) is 5.56 Å². The minimum atomic E-state index is -0.388. The van der Waals surface area contributed by atoms with E-state index in [9.17, 15) is 4.79 Å². The van der Waals surface area contributed by atoms with Gasteiger partial charge in [-0.2, -0.15) is 0 Å². The Hall–Kier alpha value is -1.43. The van der Waals surface area contributed by atoms with Crippen LogP contribution in [0.4, 0.5) is 0 Å². The first-order valence-corrected chi connectivity index (χ1v) is 5.83. The van der Waals surface area contributed by atoms with Crippen LogP contribution < -0.4 is 11.3 Å². The van der Waals surface area contributed by atoms with Crippen molar-refractivity contribution in [1.29, 1.82) is 0 Å². The van der Waals surface area contributed by atoms with E-state index in [2.05, 4.69) is 11.5 Å². The van der Waals surface area contributed by atoms with Gasteiger partial charge in [-0.15, -0.1) is 0 Å². The van der Waals surface area contributed by atoms with Crippen LogP contribution in [0.1, 0.15) is 11.1 Å². The zero-order valence-electron chi connectivity index (χ0n) is 11.1. The summed E-state index contributed by atoms with van der Waals surface area (Å²) < 4.78 is 5.05. The Morgan fingerprint density at radius 2 is 2.28 bits per heavy atom. The Bertz CT molecular complexity index is 396. The van der Waals surface area contributed by atoms with Gasteiger partial charge < -0.3 is 4.74 Å². The fourth-order valence-electron chi connectivity index (χ4n) is 1.87. The van der Waals surface area contributed by atoms with Crippen molar-refractivity contribution in [3.8, 4) is 0 Å². The number of nitrogens with two attached hydrogens (primary N) is 1. The Morgan fingerprint density at radius 1 is 1.56 bits per heavy atom. The maximum Gasteiger partial charge on any atom is 0.253 e. The second kappa shape index (κ2) is 7.10. The Morgan fingerprint density at radius 3 is 2.83 bits per heavy atom. The van der Waals surface area contributed by atoms with Crippen molar-refractivity contribution in [3.63, 3.8) is 0 Å². The van der Waals surface area contributed by atoms with Gasteiger partial charge >= 0.3 is 0 Å². The zero-order valence-corrected chi connectivity index (χ0v) is 11.1. The van der Waals surface area contributed by atoms with Gasteiger partial charge in [0.1, 0.15) is 6.04 Å². The smallest absolute Gasteiger partial charge is 0.253 e. The second-order valence-corrected chi connectivity index (χ2v) is 4.38. The van der Waals surface area contributed by atoms with Crippen molar-refractivity contribution in [3.05, 3.63) is 35.4 Å². The first-order chi connectivity index (χ1) is 8.58. The van der Waals surface area contributed by atoms with E-state index < -0.39 is 0 Å². The molecule has 0 aliphatic heterocycles. The molecule has 0 spiro atoms. The van der Waals surface area contributed by atoms with E-state index in [0.29, 0.717) is 13.2 Å². The molecule has 100 valence electrons. The minimum absolute atomic E-state index is 0.244. The molecule has 0 saturated heterocycles. The standard InChI is InChI=1S/C13H21N3O2/c1-10-5-4-6-11(7-10)8-16(2)12(9-18-3)13(17)15-14/h4-7,12H,8-9,14H2,1-3H3,(H,15,17). The zero-order chi connectivity index (χ0) is 13.5. The number of hydrogen-bond donors (Lipinski definition) is 2. The van der Waals surface area contributed by atoms with Crippen LogP contribution in [0.25, 0.3) is 0 Å². The largest absolute Gasteiger partial charge is 0.383 e. The molecule has 0 aliphatic carbocycles. The van der Waals surface area contributed by atoms with E-state index in [4.69, 9.17) is 10.6 Å². The first-order valence-electron chi connectivity index (χ1n) is 5.83. The molecule has 18 heavy (non-hydrogen) atoms. The van der Waals surface area contributed by atoms with Gasteiger partial charge in [0.15, 0.2) is 0 Å². The minimum Gasteiger partial charge on any atom is -0.383 e. The van der Waals surface area contributed by atoms with Crippen molar-refractivity contribution >= 4 is 5.91 Å². The molecule has 1 amide bonds. The summed E-state index contributed by atoms with van der Waals surface area (Å²) in [4.78, 5) is 13.6. The van der Waals surface area contributed by atoms with Crippen molar-refractivity contribution < 1.29 is 9.53 Å². The van der Waals surface area contributed by atoms with E-state index in [0.717, 1.165) is 5.56 Å². The highest BCUT2D eigenvalue weighted by molar-refractivity contribution is 5.81. The molecular formula is C13H21N3O2.